The lowest BCUT2D eigenvalue weighted by atomic mass is 10.1. The van der Waals surface area contributed by atoms with Gasteiger partial charge in [0.05, 0.1) is 5.92 Å². The van der Waals surface area contributed by atoms with Crippen LogP contribution in [0, 0.1) is 12.8 Å². The number of carbonyl (C=O) groups excluding carboxylic acids is 2. The fraction of sp³-hybridized carbons (Fsp3) is 0.286. The van der Waals surface area contributed by atoms with E-state index in [4.69, 9.17) is 0 Å². The van der Waals surface area contributed by atoms with Crippen molar-refractivity contribution in [3.05, 3.63) is 35.3 Å². The molecule has 0 saturated carbocycles. The van der Waals surface area contributed by atoms with Gasteiger partial charge in [-0.3, -0.25) is 9.59 Å². The van der Waals surface area contributed by atoms with Crippen LogP contribution in [0.3, 0.4) is 0 Å². The second-order valence-electron chi connectivity index (χ2n) is 4.93. The van der Waals surface area contributed by atoms with Crippen LogP contribution in [0.4, 0.5) is 10.8 Å². The first-order chi connectivity index (χ1) is 10.1. The van der Waals surface area contributed by atoms with E-state index >= 15 is 0 Å². The predicted octanol–water partition coefficient (Wildman–Crippen LogP) is 1.84. The number of carbonyl (C=O) groups is 2. The number of hydrogen-bond donors (Lipinski definition) is 1. The summed E-state index contributed by atoms with van der Waals surface area (Å²) in [4.78, 5) is 26.0. The molecule has 1 saturated heterocycles. The molecule has 1 N–H and O–H groups in total. The molecular formula is C14H14N4O2S. The molecule has 6 nitrogen and oxygen atoms in total. The molecule has 0 spiro atoms. The number of nitrogens with one attached hydrogen (secondary N) is 1. The molecule has 0 bridgehead atoms. The SMILES string of the molecule is Cc1ccccc1N1C[C@H](C(=O)Nc2nncs2)CC1=O. The molecule has 2 aromatic rings. The van der Waals surface area contributed by atoms with Crippen molar-refractivity contribution in [1.82, 2.24) is 10.2 Å². The quantitative estimate of drug-likeness (QED) is 0.938. The van der Waals surface area contributed by atoms with Crippen LogP contribution in [0.2, 0.25) is 0 Å². The second-order valence-corrected chi connectivity index (χ2v) is 5.76. The molecule has 2 heterocycles. The highest BCUT2D eigenvalue weighted by molar-refractivity contribution is 7.13. The van der Waals surface area contributed by atoms with E-state index in [1.165, 1.54) is 11.3 Å². The molecule has 3 rings (SSSR count). The van der Waals surface area contributed by atoms with Crippen molar-refractivity contribution in [3.8, 4) is 0 Å². The summed E-state index contributed by atoms with van der Waals surface area (Å²) in [6.07, 6.45) is 0.221. The minimum atomic E-state index is -0.360. The zero-order chi connectivity index (χ0) is 14.8. The van der Waals surface area contributed by atoms with Crippen LogP contribution in [0.1, 0.15) is 12.0 Å². The maximum atomic E-state index is 12.2. The van der Waals surface area contributed by atoms with E-state index in [0.29, 0.717) is 11.7 Å². The number of amides is 2. The van der Waals surface area contributed by atoms with Gasteiger partial charge >= 0.3 is 0 Å². The van der Waals surface area contributed by atoms with Crippen LogP contribution >= 0.6 is 11.3 Å². The fourth-order valence-electron chi connectivity index (χ4n) is 2.42. The molecule has 1 aliphatic heterocycles. The number of anilines is 2. The van der Waals surface area contributed by atoms with Crippen LogP contribution < -0.4 is 10.2 Å². The Morgan fingerprint density at radius 1 is 1.43 bits per heavy atom. The Bertz CT molecular complexity index is 671. The van der Waals surface area contributed by atoms with E-state index in [9.17, 15) is 9.59 Å². The Kier molecular flexibility index (Phi) is 3.66. The van der Waals surface area contributed by atoms with Crippen molar-refractivity contribution in [1.29, 1.82) is 0 Å². The first-order valence-electron chi connectivity index (χ1n) is 6.58. The van der Waals surface area contributed by atoms with Gasteiger partial charge in [0, 0.05) is 18.7 Å². The highest BCUT2D eigenvalue weighted by Crippen LogP contribution is 2.28. The summed E-state index contributed by atoms with van der Waals surface area (Å²) < 4.78 is 0. The monoisotopic (exact) mass is 302 g/mol. The maximum absolute atomic E-state index is 12.2. The van der Waals surface area contributed by atoms with E-state index < -0.39 is 0 Å². The summed E-state index contributed by atoms with van der Waals surface area (Å²) in [5.41, 5.74) is 3.44. The van der Waals surface area contributed by atoms with Crippen LogP contribution in [-0.4, -0.2) is 28.6 Å². The molecule has 1 atom stereocenters. The first kappa shape index (κ1) is 13.7. The fourth-order valence-corrected chi connectivity index (χ4v) is 2.87. The van der Waals surface area contributed by atoms with Gasteiger partial charge in [-0.2, -0.15) is 0 Å². The smallest absolute Gasteiger partial charge is 0.231 e. The third-order valence-corrected chi connectivity index (χ3v) is 4.10. The summed E-state index contributed by atoms with van der Waals surface area (Å²) in [5.74, 6) is -0.570. The van der Waals surface area contributed by atoms with Crippen LogP contribution in [-0.2, 0) is 9.59 Å². The molecule has 1 fully saturated rings. The molecule has 1 aromatic heterocycles. The summed E-state index contributed by atoms with van der Waals surface area (Å²) in [6.45, 7) is 2.35. The average Bonchev–Trinajstić information content (AvgIpc) is 3.09. The number of aryl methyl sites for hydroxylation is 1. The topological polar surface area (TPSA) is 75.2 Å². The molecule has 1 aromatic carbocycles. The van der Waals surface area contributed by atoms with Crippen LogP contribution in [0.15, 0.2) is 29.8 Å². The Morgan fingerprint density at radius 3 is 2.95 bits per heavy atom. The van der Waals surface area contributed by atoms with Crippen molar-refractivity contribution >= 4 is 34.0 Å². The average molecular weight is 302 g/mol. The Morgan fingerprint density at radius 2 is 2.24 bits per heavy atom. The summed E-state index contributed by atoms with van der Waals surface area (Å²) >= 11 is 1.26. The number of rotatable bonds is 3. The number of benzene rings is 1. The summed E-state index contributed by atoms with van der Waals surface area (Å²) in [6, 6.07) is 7.68. The number of para-hydroxylation sites is 1. The second kappa shape index (κ2) is 5.61. The summed E-state index contributed by atoms with van der Waals surface area (Å²) in [7, 11) is 0. The third kappa shape index (κ3) is 2.78. The van der Waals surface area contributed by atoms with Gasteiger partial charge in [-0.05, 0) is 18.6 Å². The van der Waals surface area contributed by atoms with E-state index in [0.717, 1.165) is 11.3 Å². The van der Waals surface area contributed by atoms with E-state index in [2.05, 4.69) is 15.5 Å². The molecule has 2 amide bonds. The number of aromatic nitrogens is 2. The Labute approximate surface area is 125 Å². The lowest BCUT2D eigenvalue weighted by Crippen LogP contribution is -2.28. The zero-order valence-electron chi connectivity index (χ0n) is 11.4. The van der Waals surface area contributed by atoms with Crippen molar-refractivity contribution in [2.45, 2.75) is 13.3 Å². The molecule has 7 heteroatoms. The molecule has 21 heavy (non-hydrogen) atoms. The van der Waals surface area contributed by atoms with Crippen molar-refractivity contribution < 1.29 is 9.59 Å². The molecular weight excluding hydrogens is 288 g/mol. The van der Waals surface area contributed by atoms with Gasteiger partial charge in [-0.15, -0.1) is 10.2 Å². The van der Waals surface area contributed by atoms with Gasteiger partial charge in [-0.25, -0.2) is 0 Å². The van der Waals surface area contributed by atoms with Gasteiger partial charge < -0.3 is 10.2 Å². The number of hydrogen-bond acceptors (Lipinski definition) is 5. The molecule has 0 unspecified atom stereocenters. The zero-order valence-corrected chi connectivity index (χ0v) is 12.3. The van der Waals surface area contributed by atoms with E-state index in [-0.39, 0.29) is 24.2 Å². The molecule has 0 aliphatic carbocycles. The Hall–Kier alpha value is -2.28. The summed E-state index contributed by atoms with van der Waals surface area (Å²) in [5, 5.41) is 10.6. The maximum Gasteiger partial charge on any atom is 0.231 e. The third-order valence-electron chi connectivity index (χ3n) is 3.49. The van der Waals surface area contributed by atoms with Crippen molar-refractivity contribution in [2.24, 2.45) is 5.92 Å². The van der Waals surface area contributed by atoms with Gasteiger partial charge in [0.15, 0.2) is 0 Å². The van der Waals surface area contributed by atoms with E-state index in [1.807, 2.05) is 31.2 Å². The highest BCUT2D eigenvalue weighted by Gasteiger charge is 2.35. The van der Waals surface area contributed by atoms with Gasteiger partial charge in [-0.1, -0.05) is 29.5 Å². The van der Waals surface area contributed by atoms with Crippen molar-refractivity contribution in [3.63, 3.8) is 0 Å². The molecule has 0 radical (unpaired) electrons. The van der Waals surface area contributed by atoms with Gasteiger partial charge in [0.1, 0.15) is 5.51 Å². The first-order valence-corrected chi connectivity index (χ1v) is 7.46. The standard InChI is InChI=1S/C14H14N4O2S/c1-9-4-2-3-5-11(9)18-7-10(6-12(18)19)13(20)16-14-17-15-8-21-14/h2-5,8,10H,6-7H2,1H3,(H,16,17,20)/t10-/m1/s1. The van der Waals surface area contributed by atoms with Crippen molar-refractivity contribution in [2.75, 3.05) is 16.8 Å². The lowest BCUT2D eigenvalue weighted by molar-refractivity contribution is -0.122. The predicted molar refractivity (Wildman–Crippen MR) is 80.2 cm³/mol. The number of nitrogens with zero attached hydrogens (tertiary/aromatic N) is 3. The highest BCUT2D eigenvalue weighted by atomic mass is 32.1. The van der Waals surface area contributed by atoms with Gasteiger partial charge in [0.25, 0.3) is 0 Å². The Balaban J connectivity index is 1.73. The lowest BCUT2D eigenvalue weighted by Gasteiger charge is -2.18. The van der Waals surface area contributed by atoms with Crippen LogP contribution in [0.25, 0.3) is 0 Å². The van der Waals surface area contributed by atoms with E-state index in [1.54, 1.807) is 10.4 Å². The minimum Gasteiger partial charge on any atom is -0.311 e. The molecule has 108 valence electrons. The largest absolute Gasteiger partial charge is 0.311 e. The minimum absolute atomic E-state index is 0.0262. The van der Waals surface area contributed by atoms with Gasteiger partial charge in [0.2, 0.25) is 16.9 Å². The normalized spacial score (nSPS) is 18.0. The van der Waals surface area contributed by atoms with Crippen LogP contribution in [0.5, 0.6) is 0 Å². The molecule has 1 aliphatic rings.